The standard InChI is InChI=1S/C21H24F3N3O4/c1-20(2,18(28)29)31-17-9-5-14(6-10-17)11-12-27(19(25)26-30)13-15-3-7-16(8-4-15)21(22,23)24/h3-10,30H,11-13H2,1-2H3,(H2,25,26)(H,28,29). The number of nitrogens with two attached hydrogens (primary N) is 1. The lowest BCUT2D eigenvalue weighted by Gasteiger charge is -2.23. The monoisotopic (exact) mass is 439 g/mol. The highest BCUT2D eigenvalue weighted by Gasteiger charge is 2.30. The van der Waals surface area contributed by atoms with Crippen molar-refractivity contribution in [3.63, 3.8) is 0 Å². The molecule has 0 aliphatic carbocycles. The van der Waals surface area contributed by atoms with E-state index in [0.717, 1.165) is 17.7 Å². The van der Waals surface area contributed by atoms with E-state index in [9.17, 15) is 18.0 Å². The number of carbonyl (C=O) groups is 1. The number of ether oxygens (including phenoxy) is 1. The fraction of sp³-hybridized carbons (Fsp3) is 0.333. The Labute approximate surface area is 177 Å². The molecule has 2 rings (SSSR count). The van der Waals surface area contributed by atoms with Gasteiger partial charge in [0.25, 0.3) is 0 Å². The van der Waals surface area contributed by atoms with E-state index in [2.05, 4.69) is 5.16 Å². The molecule has 2 aromatic carbocycles. The summed E-state index contributed by atoms with van der Waals surface area (Å²) in [4.78, 5) is 12.7. The molecule has 0 aromatic heterocycles. The number of carboxylic acids is 1. The third-order valence-electron chi connectivity index (χ3n) is 4.56. The molecule has 0 spiro atoms. The van der Waals surface area contributed by atoms with Crippen LogP contribution in [0.1, 0.15) is 30.5 Å². The van der Waals surface area contributed by atoms with Crippen LogP contribution in [0.3, 0.4) is 0 Å². The molecule has 0 saturated carbocycles. The van der Waals surface area contributed by atoms with E-state index in [0.29, 0.717) is 24.3 Å². The Morgan fingerprint density at radius 2 is 1.61 bits per heavy atom. The van der Waals surface area contributed by atoms with Crippen LogP contribution in [0.15, 0.2) is 53.7 Å². The van der Waals surface area contributed by atoms with Crippen LogP contribution < -0.4 is 10.5 Å². The Hall–Kier alpha value is -3.43. The summed E-state index contributed by atoms with van der Waals surface area (Å²) in [6.07, 6.45) is -3.93. The van der Waals surface area contributed by atoms with Gasteiger partial charge in [0.1, 0.15) is 5.75 Å². The van der Waals surface area contributed by atoms with Gasteiger partial charge >= 0.3 is 12.1 Å². The van der Waals surface area contributed by atoms with Gasteiger partial charge in [0.05, 0.1) is 5.56 Å². The van der Waals surface area contributed by atoms with E-state index in [-0.39, 0.29) is 12.5 Å². The van der Waals surface area contributed by atoms with E-state index in [1.807, 2.05) is 0 Å². The smallest absolute Gasteiger partial charge is 0.416 e. The Bertz CT molecular complexity index is 911. The molecule has 0 heterocycles. The van der Waals surface area contributed by atoms with Crippen molar-refractivity contribution in [2.45, 2.75) is 38.6 Å². The van der Waals surface area contributed by atoms with Crippen molar-refractivity contribution >= 4 is 11.9 Å². The van der Waals surface area contributed by atoms with Crippen molar-refractivity contribution in [3.05, 3.63) is 65.2 Å². The number of hydrogen-bond acceptors (Lipinski definition) is 4. The molecule has 0 bridgehead atoms. The summed E-state index contributed by atoms with van der Waals surface area (Å²) in [5, 5.41) is 21.1. The molecule has 168 valence electrons. The topological polar surface area (TPSA) is 108 Å². The first kappa shape index (κ1) is 23.8. The molecule has 7 nitrogen and oxygen atoms in total. The van der Waals surface area contributed by atoms with E-state index >= 15 is 0 Å². The van der Waals surface area contributed by atoms with Gasteiger partial charge in [-0.3, -0.25) is 0 Å². The van der Waals surface area contributed by atoms with E-state index < -0.39 is 23.3 Å². The lowest BCUT2D eigenvalue weighted by molar-refractivity contribution is -0.152. The van der Waals surface area contributed by atoms with Crippen LogP contribution >= 0.6 is 0 Å². The number of rotatable bonds is 8. The minimum atomic E-state index is -4.42. The van der Waals surface area contributed by atoms with Crippen molar-refractivity contribution in [1.29, 1.82) is 0 Å². The summed E-state index contributed by atoms with van der Waals surface area (Å²) in [5.41, 5.74) is 5.05. The number of guanidine groups is 1. The van der Waals surface area contributed by atoms with Gasteiger partial charge in [-0.1, -0.05) is 29.4 Å². The summed E-state index contributed by atoms with van der Waals surface area (Å²) < 4.78 is 43.6. The molecule has 0 radical (unpaired) electrons. The Morgan fingerprint density at radius 1 is 1.06 bits per heavy atom. The number of oxime groups is 1. The number of nitrogens with zero attached hydrogens (tertiary/aromatic N) is 2. The molecule has 0 fully saturated rings. The average molecular weight is 439 g/mol. The zero-order valence-electron chi connectivity index (χ0n) is 17.1. The number of carboxylic acid groups (broad SMARTS) is 1. The fourth-order valence-corrected chi connectivity index (χ4v) is 2.68. The number of hydrogen-bond donors (Lipinski definition) is 3. The number of halogens is 3. The minimum absolute atomic E-state index is 0.155. The molecule has 10 heteroatoms. The number of alkyl halides is 3. The molecule has 0 aliphatic rings. The molecule has 0 atom stereocenters. The van der Waals surface area contributed by atoms with Crippen molar-refractivity contribution in [2.75, 3.05) is 6.54 Å². The van der Waals surface area contributed by atoms with Gasteiger partial charge < -0.3 is 25.7 Å². The summed E-state index contributed by atoms with van der Waals surface area (Å²) in [5.74, 6) is -0.855. The summed E-state index contributed by atoms with van der Waals surface area (Å²) in [6.45, 7) is 3.37. The number of benzene rings is 2. The molecular formula is C21H24F3N3O4. The molecular weight excluding hydrogens is 415 g/mol. The quantitative estimate of drug-likeness (QED) is 0.251. The summed E-state index contributed by atoms with van der Waals surface area (Å²) in [6, 6.07) is 11.5. The van der Waals surface area contributed by atoms with Crippen molar-refractivity contribution < 1.29 is 33.0 Å². The SMILES string of the molecule is CC(C)(Oc1ccc(CCN(Cc2ccc(C(F)(F)F)cc2)/C(N)=N/O)cc1)C(=O)O. The van der Waals surface area contributed by atoms with Crippen LogP contribution in [0, 0.1) is 0 Å². The van der Waals surface area contributed by atoms with Crippen LogP contribution in [0.4, 0.5) is 13.2 Å². The Morgan fingerprint density at radius 3 is 2.10 bits per heavy atom. The molecule has 31 heavy (non-hydrogen) atoms. The highest BCUT2D eigenvalue weighted by molar-refractivity contribution is 5.77. The van der Waals surface area contributed by atoms with Gasteiger partial charge in [0.15, 0.2) is 5.60 Å². The van der Waals surface area contributed by atoms with Crippen molar-refractivity contribution in [1.82, 2.24) is 4.90 Å². The first-order valence-electron chi connectivity index (χ1n) is 9.32. The van der Waals surface area contributed by atoms with Crippen molar-refractivity contribution in [3.8, 4) is 5.75 Å². The summed E-state index contributed by atoms with van der Waals surface area (Å²) >= 11 is 0. The van der Waals surface area contributed by atoms with Gasteiger partial charge in [-0.25, -0.2) is 4.79 Å². The predicted octanol–water partition coefficient (Wildman–Crippen LogP) is 3.70. The minimum Gasteiger partial charge on any atom is -0.478 e. The average Bonchev–Trinajstić information content (AvgIpc) is 2.71. The molecule has 0 amide bonds. The van der Waals surface area contributed by atoms with Crippen LogP contribution in [0.25, 0.3) is 0 Å². The maximum atomic E-state index is 12.7. The van der Waals surface area contributed by atoms with Gasteiger partial charge in [-0.2, -0.15) is 13.2 Å². The first-order chi connectivity index (χ1) is 14.4. The van der Waals surface area contributed by atoms with E-state index in [1.165, 1.54) is 30.9 Å². The maximum Gasteiger partial charge on any atom is 0.416 e. The van der Waals surface area contributed by atoms with Crippen LogP contribution in [-0.4, -0.2) is 39.3 Å². The first-order valence-corrected chi connectivity index (χ1v) is 9.32. The third kappa shape index (κ3) is 6.80. The molecule has 4 N–H and O–H groups in total. The van der Waals surface area contributed by atoms with Gasteiger partial charge in [0, 0.05) is 13.1 Å². The van der Waals surface area contributed by atoms with Gasteiger partial charge in [0.2, 0.25) is 5.96 Å². The Balaban J connectivity index is 2.03. The zero-order chi connectivity index (χ0) is 23.2. The Kier molecular flexibility index (Phi) is 7.37. The van der Waals surface area contributed by atoms with E-state index in [4.69, 9.17) is 20.8 Å². The zero-order valence-corrected chi connectivity index (χ0v) is 17.1. The highest BCUT2D eigenvalue weighted by Crippen LogP contribution is 2.29. The van der Waals surface area contributed by atoms with Crippen LogP contribution in [0.5, 0.6) is 5.75 Å². The largest absolute Gasteiger partial charge is 0.478 e. The highest BCUT2D eigenvalue weighted by atomic mass is 19.4. The van der Waals surface area contributed by atoms with Crippen LogP contribution in [-0.2, 0) is 23.9 Å². The molecule has 0 saturated heterocycles. The normalized spacial score (nSPS) is 12.5. The molecule has 0 aliphatic heterocycles. The van der Waals surface area contributed by atoms with Gasteiger partial charge in [-0.05, 0) is 55.7 Å². The van der Waals surface area contributed by atoms with Gasteiger partial charge in [-0.15, -0.1) is 0 Å². The predicted molar refractivity (Wildman–Crippen MR) is 108 cm³/mol. The summed E-state index contributed by atoms with van der Waals surface area (Å²) in [7, 11) is 0. The maximum absolute atomic E-state index is 12.7. The van der Waals surface area contributed by atoms with Crippen LogP contribution in [0.2, 0.25) is 0 Å². The van der Waals surface area contributed by atoms with Crippen molar-refractivity contribution in [2.24, 2.45) is 10.9 Å². The third-order valence-corrected chi connectivity index (χ3v) is 4.56. The second-order valence-corrected chi connectivity index (χ2v) is 7.39. The second kappa shape index (κ2) is 9.59. The molecule has 0 unspecified atom stereocenters. The number of aliphatic carboxylic acids is 1. The lowest BCUT2D eigenvalue weighted by Crippen LogP contribution is -2.38. The lowest BCUT2D eigenvalue weighted by atomic mass is 10.1. The molecule has 2 aromatic rings. The fourth-order valence-electron chi connectivity index (χ4n) is 2.68. The second-order valence-electron chi connectivity index (χ2n) is 7.39. The van der Waals surface area contributed by atoms with E-state index in [1.54, 1.807) is 24.3 Å².